The normalized spacial score (nSPS) is 20.5. The van der Waals surface area contributed by atoms with Crippen LogP contribution in [0.3, 0.4) is 0 Å². The number of halogens is 2. The third-order valence-corrected chi connectivity index (χ3v) is 5.73. The molecule has 1 saturated heterocycles. The SMILES string of the molecule is N#Cc1nccnc1OC1CCC(NC(=O)CN2CCN(c3ccc(F)c(F)c3)C2=O)CC1. The Labute approximate surface area is 189 Å². The number of hydrogen-bond acceptors (Lipinski definition) is 6. The van der Waals surface area contributed by atoms with Crippen LogP contribution in [0.1, 0.15) is 31.4 Å². The molecule has 0 unspecified atom stereocenters. The fraction of sp³-hybridized carbons (Fsp3) is 0.409. The van der Waals surface area contributed by atoms with Gasteiger partial charge in [0.25, 0.3) is 5.88 Å². The Hall–Kier alpha value is -3.81. The molecule has 2 fully saturated rings. The molecule has 1 aliphatic carbocycles. The van der Waals surface area contributed by atoms with E-state index in [0.29, 0.717) is 32.2 Å². The van der Waals surface area contributed by atoms with Gasteiger partial charge >= 0.3 is 6.03 Å². The van der Waals surface area contributed by atoms with Gasteiger partial charge in [-0.15, -0.1) is 0 Å². The number of carbonyl (C=O) groups is 2. The third kappa shape index (κ3) is 5.16. The lowest BCUT2D eigenvalue weighted by atomic mass is 9.93. The van der Waals surface area contributed by atoms with E-state index in [1.807, 2.05) is 6.07 Å². The lowest BCUT2D eigenvalue weighted by Crippen LogP contribution is -2.45. The number of aromatic nitrogens is 2. The van der Waals surface area contributed by atoms with Gasteiger partial charge in [-0.05, 0) is 37.8 Å². The van der Waals surface area contributed by atoms with Crippen molar-refractivity contribution in [2.45, 2.75) is 37.8 Å². The summed E-state index contributed by atoms with van der Waals surface area (Å²) in [4.78, 5) is 35.8. The van der Waals surface area contributed by atoms with Crippen molar-refractivity contribution in [3.63, 3.8) is 0 Å². The molecule has 1 saturated carbocycles. The maximum absolute atomic E-state index is 13.5. The van der Waals surface area contributed by atoms with Crippen LogP contribution in [0.4, 0.5) is 19.3 Å². The number of nitrogens with one attached hydrogen (secondary N) is 1. The molecule has 2 heterocycles. The van der Waals surface area contributed by atoms with E-state index in [1.54, 1.807) is 0 Å². The number of ether oxygens (including phenoxy) is 1. The van der Waals surface area contributed by atoms with Crippen molar-refractivity contribution >= 4 is 17.6 Å². The predicted molar refractivity (Wildman–Crippen MR) is 112 cm³/mol. The number of amides is 3. The topological polar surface area (TPSA) is 111 Å². The van der Waals surface area contributed by atoms with E-state index >= 15 is 0 Å². The van der Waals surface area contributed by atoms with Crippen molar-refractivity contribution in [3.05, 3.63) is 47.9 Å². The zero-order valence-electron chi connectivity index (χ0n) is 17.7. The quantitative estimate of drug-likeness (QED) is 0.715. The number of anilines is 1. The third-order valence-electron chi connectivity index (χ3n) is 5.73. The van der Waals surface area contributed by atoms with Crippen LogP contribution in [0.2, 0.25) is 0 Å². The van der Waals surface area contributed by atoms with Crippen LogP contribution in [-0.2, 0) is 4.79 Å². The van der Waals surface area contributed by atoms with Crippen LogP contribution < -0.4 is 15.0 Å². The minimum atomic E-state index is -1.03. The molecule has 1 aromatic heterocycles. The first kappa shape index (κ1) is 22.4. The fourth-order valence-electron chi connectivity index (χ4n) is 4.04. The Kier molecular flexibility index (Phi) is 6.63. The van der Waals surface area contributed by atoms with E-state index in [4.69, 9.17) is 10.00 Å². The lowest BCUT2D eigenvalue weighted by Gasteiger charge is -2.29. The molecule has 1 aromatic carbocycles. The zero-order valence-corrected chi connectivity index (χ0v) is 17.7. The van der Waals surface area contributed by atoms with Crippen molar-refractivity contribution in [2.75, 3.05) is 24.5 Å². The second-order valence-electron chi connectivity index (χ2n) is 7.94. The first-order valence-electron chi connectivity index (χ1n) is 10.6. The summed E-state index contributed by atoms with van der Waals surface area (Å²) in [6.45, 7) is 0.485. The second kappa shape index (κ2) is 9.77. The fourth-order valence-corrected chi connectivity index (χ4v) is 4.04. The van der Waals surface area contributed by atoms with Gasteiger partial charge in [0.05, 0.1) is 0 Å². The van der Waals surface area contributed by atoms with Crippen molar-refractivity contribution in [2.24, 2.45) is 0 Å². The highest BCUT2D eigenvalue weighted by atomic mass is 19.2. The molecule has 1 aliphatic heterocycles. The molecule has 0 bridgehead atoms. The number of nitriles is 1. The van der Waals surface area contributed by atoms with E-state index in [9.17, 15) is 18.4 Å². The van der Waals surface area contributed by atoms with E-state index in [0.717, 1.165) is 12.1 Å². The van der Waals surface area contributed by atoms with Crippen LogP contribution in [0, 0.1) is 23.0 Å². The molecular formula is C22H22F2N6O3. The molecule has 2 aromatic rings. The molecule has 1 N–H and O–H groups in total. The maximum atomic E-state index is 13.5. The van der Waals surface area contributed by atoms with Crippen LogP contribution in [0.25, 0.3) is 0 Å². The van der Waals surface area contributed by atoms with Crippen molar-refractivity contribution in [1.82, 2.24) is 20.2 Å². The number of benzene rings is 1. The molecule has 3 amide bonds. The Bertz CT molecular complexity index is 1080. The Morgan fingerprint density at radius 2 is 1.91 bits per heavy atom. The number of carbonyl (C=O) groups excluding carboxylic acids is 2. The average Bonchev–Trinajstić information content (AvgIpc) is 3.17. The summed E-state index contributed by atoms with van der Waals surface area (Å²) in [6.07, 6.45) is 5.51. The molecular weight excluding hydrogens is 434 g/mol. The van der Waals surface area contributed by atoms with E-state index in [1.165, 1.54) is 28.3 Å². The smallest absolute Gasteiger partial charge is 0.325 e. The van der Waals surface area contributed by atoms with Crippen molar-refractivity contribution in [3.8, 4) is 11.9 Å². The average molecular weight is 456 g/mol. The second-order valence-corrected chi connectivity index (χ2v) is 7.94. The summed E-state index contributed by atoms with van der Waals surface area (Å²) in [5.74, 6) is -2.07. The van der Waals surface area contributed by atoms with Gasteiger partial charge < -0.3 is 15.0 Å². The van der Waals surface area contributed by atoms with Gasteiger partial charge in [0.1, 0.15) is 18.7 Å². The monoisotopic (exact) mass is 456 g/mol. The van der Waals surface area contributed by atoms with E-state index in [2.05, 4.69) is 15.3 Å². The summed E-state index contributed by atoms with van der Waals surface area (Å²) in [6, 6.07) is 4.75. The number of rotatable bonds is 6. The van der Waals surface area contributed by atoms with Crippen LogP contribution in [-0.4, -0.2) is 58.6 Å². The highest BCUT2D eigenvalue weighted by molar-refractivity contribution is 5.96. The van der Waals surface area contributed by atoms with Gasteiger partial charge in [-0.1, -0.05) is 0 Å². The molecule has 11 heteroatoms. The molecule has 172 valence electrons. The van der Waals surface area contributed by atoms with Gasteiger partial charge in [-0.3, -0.25) is 9.69 Å². The van der Waals surface area contributed by atoms with Crippen molar-refractivity contribution in [1.29, 1.82) is 5.26 Å². The standard InChI is InChI=1S/C22H22F2N6O3/c23-17-6-3-15(11-18(17)24)30-10-9-29(22(30)32)13-20(31)28-14-1-4-16(5-2-14)33-21-19(12-25)26-7-8-27-21/h3,6-8,11,14,16H,1-2,4-5,9-10,13H2,(H,28,31). The highest BCUT2D eigenvalue weighted by Crippen LogP contribution is 2.25. The Balaban J connectivity index is 1.24. The summed E-state index contributed by atoms with van der Waals surface area (Å²) >= 11 is 0. The number of urea groups is 1. The van der Waals surface area contributed by atoms with Gasteiger partial charge in [-0.25, -0.2) is 23.5 Å². The molecule has 9 nitrogen and oxygen atoms in total. The summed E-state index contributed by atoms with van der Waals surface area (Å²) in [7, 11) is 0. The van der Waals surface area contributed by atoms with E-state index in [-0.39, 0.29) is 48.4 Å². The maximum Gasteiger partial charge on any atom is 0.325 e. The largest absolute Gasteiger partial charge is 0.472 e. The minimum absolute atomic E-state index is 0.0466. The highest BCUT2D eigenvalue weighted by Gasteiger charge is 2.32. The Morgan fingerprint density at radius 1 is 1.15 bits per heavy atom. The molecule has 4 rings (SSSR count). The summed E-state index contributed by atoms with van der Waals surface area (Å²) < 4.78 is 32.5. The minimum Gasteiger partial charge on any atom is -0.472 e. The summed E-state index contributed by atoms with van der Waals surface area (Å²) in [5, 5.41) is 12.0. The molecule has 0 atom stereocenters. The predicted octanol–water partition coefficient (Wildman–Crippen LogP) is 2.37. The molecule has 33 heavy (non-hydrogen) atoms. The first-order valence-corrected chi connectivity index (χ1v) is 10.6. The zero-order chi connectivity index (χ0) is 23.4. The van der Waals surface area contributed by atoms with Gasteiger partial charge in [0, 0.05) is 43.3 Å². The Morgan fingerprint density at radius 3 is 2.64 bits per heavy atom. The van der Waals surface area contributed by atoms with Crippen LogP contribution in [0.5, 0.6) is 5.88 Å². The number of nitrogens with zero attached hydrogens (tertiary/aromatic N) is 5. The summed E-state index contributed by atoms with van der Waals surface area (Å²) in [5.41, 5.74) is 0.392. The van der Waals surface area contributed by atoms with Crippen LogP contribution >= 0.6 is 0 Å². The van der Waals surface area contributed by atoms with Gasteiger partial charge in [0.2, 0.25) is 11.6 Å². The number of hydrogen-bond donors (Lipinski definition) is 1. The van der Waals surface area contributed by atoms with Gasteiger partial charge in [-0.2, -0.15) is 5.26 Å². The van der Waals surface area contributed by atoms with Crippen LogP contribution in [0.15, 0.2) is 30.6 Å². The van der Waals surface area contributed by atoms with Gasteiger partial charge in [0.15, 0.2) is 11.6 Å². The molecule has 2 aliphatic rings. The van der Waals surface area contributed by atoms with Crippen molar-refractivity contribution < 1.29 is 23.1 Å². The van der Waals surface area contributed by atoms with E-state index < -0.39 is 17.7 Å². The lowest BCUT2D eigenvalue weighted by molar-refractivity contribution is -0.122. The first-order chi connectivity index (χ1) is 15.9. The molecule has 0 radical (unpaired) electrons. The molecule has 0 spiro atoms.